The molecule has 1 aromatic carbocycles. The molecule has 3 aliphatic rings. The van der Waals surface area contributed by atoms with Crippen LogP contribution < -0.4 is 0 Å². The fraction of sp³-hybridized carbons (Fsp3) is 0.333. The van der Waals surface area contributed by atoms with Crippen LogP contribution in [0.4, 0.5) is 0 Å². The Bertz CT molecular complexity index is 1130. The molecule has 6 rings (SSSR count). The number of hydrogen-bond donors (Lipinski definition) is 0. The summed E-state index contributed by atoms with van der Waals surface area (Å²) in [4.78, 5) is 34.0. The molecule has 0 aliphatic carbocycles. The molecule has 146 valence electrons. The van der Waals surface area contributed by atoms with Crippen molar-refractivity contribution in [1.82, 2.24) is 24.4 Å². The van der Waals surface area contributed by atoms with Crippen LogP contribution in [0.25, 0.3) is 5.65 Å². The third-order valence-electron chi connectivity index (χ3n) is 6.36. The summed E-state index contributed by atoms with van der Waals surface area (Å²) in [5.74, 6) is -0.123. The van der Waals surface area contributed by atoms with E-state index in [1.54, 1.807) is 33.9 Å². The molecule has 0 unspecified atom stereocenters. The summed E-state index contributed by atoms with van der Waals surface area (Å²) >= 11 is 0. The topological polar surface area (TPSA) is 80.0 Å². The van der Waals surface area contributed by atoms with Gasteiger partial charge in [0, 0.05) is 19.2 Å². The molecule has 0 radical (unpaired) electrons. The van der Waals surface area contributed by atoms with Crippen molar-refractivity contribution in [3.8, 4) is 0 Å². The van der Waals surface area contributed by atoms with Crippen molar-refractivity contribution >= 4 is 17.5 Å². The number of likely N-dealkylation sites (tertiary alicyclic amines) is 1. The van der Waals surface area contributed by atoms with Crippen LogP contribution >= 0.6 is 0 Å². The summed E-state index contributed by atoms with van der Waals surface area (Å²) in [5.41, 5.74) is 1.34. The number of rotatable bonds is 2. The van der Waals surface area contributed by atoms with Gasteiger partial charge in [-0.3, -0.25) is 9.59 Å². The van der Waals surface area contributed by atoms with Crippen molar-refractivity contribution < 1.29 is 14.3 Å². The lowest BCUT2D eigenvalue weighted by molar-refractivity contribution is -0.138. The van der Waals surface area contributed by atoms with Gasteiger partial charge in [-0.1, -0.05) is 30.3 Å². The number of carbonyl (C=O) groups is 2. The van der Waals surface area contributed by atoms with E-state index in [-0.39, 0.29) is 30.4 Å². The quantitative estimate of drug-likeness (QED) is 0.666. The first-order valence-corrected chi connectivity index (χ1v) is 9.80. The number of benzene rings is 1. The molecule has 1 spiro atoms. The van der Waals surface area contributed by atoms with Crippen LogP contribution in [-0.2, 0) is 9.53 Å². The lowest BCUT2D eigenvalue weighted by atomic mass is 10.1. The van der Waals surface area contributed by atoms with E-state index in [4.69, 9.17) is 4.74 Å². The highest BCUT2D eigenvalue weighted by Gasteiger charge is 2.65. The Labute approximate surface area is 166 Å². The maximum absolute atomic E-state index is 13.3. The second-order valence-electron chi connectivity index (χ2n) is 7.77. The molecule has 3 aromatic rings. The van der Waals surface area contributed by atoms with Crippen molar-refractivity contribution in [2.75, 3.05) is 13.1 Å². The molecule has 0 saturated carbocycles. The van der Waals surface area contributed by atoms with Crippen LogP contribution in [0, 0.1) is 0 Å². The van der Waals surface area contributed by atoms with Crippen molar-refractivity contribution in [2.45, 2.75) is 30.7 Å². The molecule has 8 nitrogen and oxygen atoms in total. The van der Waals surface area contributed by atoms with Crippen LogP contribution in [0.15, 0.2) is 54.9 Å². The second kappa shape index (κ2) is 5.87. The lowest BCUT2D eigenvalue weighted by Crippen LogP contribution is -2.49. The lowest BCUT2D eigenvalue weighted by Gasteiger charge is -2.31. The van der Waals surface area contributed by atoms with E-state index >= 15 is 0 Å². The first-order valence-electron chi connectivity index (χ1n) is 9.80. The standard InChI is InChI=1S/C21H19N5O3/c27-19-11-17-21(25(19)13-16(29-21)14-5-2-1-3-6-14)8-10-24(17)20(28)15-12-22-18-7-4-9-23-26(15)18/h1-7,9,12,16-17H,8,10-11,13H2/t16-,17+,21-/m0/s1. The molecule has 3 saturated heterocycles. The van der Waals surface area contributed by atoms with E-state index in [2.05, 4.69) is 10.1 Å². The summed E-state index contributed by atoms with van der Waals surface area (Å²) in [6, 6.07) is 13.2. The summed E-state index contributed by atoms with van der Waals surface area (Å²) in [6.07, 6.45) is 3.91. The number of amides is 2. The number of fused-ring (bicyclic) bond motifs is 1. The zero-order valence-corrected chi connectivity index (χ0v) is 15.6. The molecule has 5 heterocycles. The third-order valence-corrected chi connectivity index (χ3v) is 6.36. The first-order chi connectivity index (χ1) is 14.2. The van der Waals surface area contributed by atoms with Crippen LogP contribution in [0.5, 0.6) is 0 Å². The Morgan fingerprint density at radius 2 is 2.03 bits per heavy atom. The minimum atomic E-state index is -0.735. The van der Waals surface area contributed by atoms with Gasteiger partial charge in [0.05, 0.1) is 25.2 Å². The van der Waals surface area contributed by atoms with Crippen molar-refractivity contribution in [1.29, 1.82) is 0 Å². The number of hydrogen-bond acceptors (Lipinski definition) is 5. The van der Waals surface area contributed by atoms with Gasteiger partial charge >= 0.3 is 0 Å². The number of carbonyl (C=O) groups excluding carboxylic acids is 2. The summed E-state index contributed by atoms with van der Waals surface area (Å²) in [6.45, 7) is 1.06. The van der Waals surface area contributed by atoms with E-state index < -0.39 is 5.72 Å². The number of imidazole rings is 1. The SMILES string of the molecule is O=C(c1cnc2cccnn12)N1CC[C@@]23O[C@H](c4ccccc4)CN2C(=O)C[C@@H]13. The van der Waals surface area contributed by atoms with Crippen molar-refractivity contribution in [2.24, 2.45) is 0 Å². The average Bonchev–Trinajstić information content (AvgIpc) is 3.48. The van der Waals surface area contributed by atoms with E-state index in [9.17, 15) is 9.59 Å². The summed E-state index contributed by atoms with van der Waals surface area (Å²) in [5, 5.41) is 4.25. The molecule has 29 heavy (non-hydrogen) atoms. The Morgan fingerprint density at radius 3 is 2.90 bits per heavy atom. The Kier molecular flexibility index (Phi) is 3.37. The van der Waals surface area contributed by atoms with Crippen molar-refractivity contribution in [3.63, 3.8) is 0 Å². The monoisotopic (exact) mass is 389 g/mol. The number of nitrogens with zero attached hydrogens (tertiary/aromatic N) is 5. The van der Waals surface area contributed by atoms with E-state index in [1.165, 1.54) is 0 Å². The van der Waals surface area contributed by atoms with Gasteiger partial charge in [0.15, 0.2) is 17.1 Å². The molecule has 0 N–H and O–H groups in total. The minimum Gasteiger partial charge on any atom is -0.343 e. The number of ether oxygens (including phenoxy) is 1. The molecule has 3 aliphatic heterocycles. The molecular formula is C21H19N5O3. The maximum Gasteiger partial charge on any atom is 0.274 e. The van der Waals surface area contributed by atoms with Gasteiger partial charge in [0.2, 0.25) is 5.91 Å². The second-order valence-corrected chi connectivity index (χ2v) is 7.77. The molecule has 2 aromatic heterocycles. The maximum atomic E-state index is 13.3. The van der Waals surface area contributed by atoms with Crippen LogP contribution in [0.2, 0.25) is 0 Å². The normalized spacial score (nSPS) is 28.2. The van der Waals surface area contributed by atoms with Gasteiger partial charge in [-0.25, -0.2) is 9.50 Å². The predicted octanol–water partition coefficient (Wildman–Crippen LogP) is 1.64. The van der Waals surface area contributed by atoms with Gasteiger partial charge in [-0.2, -0.15) is 5.10 Å². The average molecular weight is 389 g/mol. The first kappa shape index (κ1) is 16.7. The molecule has 3 fully saturated rings. The fourth-order valence-corrected chi connectivity index (χ4v) is 5.03. The van der Waals surface area contributed by atoms with Gasteiger partial charge in [0.1, 0.15) is 6.10 Å². The highest BCUT2D eigenvalue weighted by molar-refractivity contribution is 5.95. The smallest absolute Gasteiger partial charge is 0.274 e. The molecule has 0 bridgehead atoms. The van der Waals surface area contributed by atoms with E-state index in [0.717, 1.165) is 5.56 Å². The zero-order chi connectivity index (χ0) is 19.6. The van der Waals surface area contributed by atoms with Gasteiger partial charge < -0.3 is 14.5 Å². The summed E-state index contributed by atoms with van der Waals surface area (Å²) in [7, 11) is 0. The molecule has 2 amide bonds. The van der Waals surface area contributed by atoms with Crippen LogP contribution in [0.1, 0.15) is 35.0 Å². The fourth-order valence-electron chi connectivity index (χ4n) is 5.03. The summed E-state index contributed by atoms with van der Waals surface area (Å²) < 4.78 is 8.06. The van der Waals surface area contributed by atoms with Gasteiger partial charge in [-0.05, 0) is 17.7 Å². The molecule has 8 heteroatoms. The van der Waals surface area contributed by atoms with Gasteiger partial charge in [-0.15, -0.1) is 0 Å². The van der Waals surface area contributed by atoms with E-state index in [0.29, 0.717) is 30.9 Å². The van der Waals surface area contributed by atoms with Crippen molar-refractivity contribution in [3.05, 3.63) is 66.1 Å². The molecular weight excluding hydrogens is 370 g/mol. The zero-order valence-electron chi connectivity index (χ0n) is 15.6. The van der Waals surface area contributed by atoms with Gasteiger partial charge in [0.25, 0.3) is 5.91 Å². The Balaban J connectivity index is 1.34. The Hall–Kier alpha value is -3.26. The Morgan fingerprint density at radius 1 is 1.17 bits per heavy atom. The van der Waals surface area contributed by atoms with Crippen LogP contribution in [0.3, 0.4) is 0 Å². The number of aromatic nitrogens is 3. The van der Waals surface area contributed by atoms with Crippen LogP contribution in [-0.4, -0.2) is 61.1 Å². The van der Waals surface area contributed by atoms with E-state index in [1.807, 2.05) is 35.2 Å². The highest BCUT2D eigenvalue weighted by atomic mass is 16.5. The molecule has 3 atom stereocenters. The highest BCUT2D eigenvalue weighted by Crippen LogP contribution is 2.50. The predicted molar refractivity (Wildman–Crippen MR) is 102 cm³/mol. The third kappa shape index (κ3) is 2.23. The largest absolute Gasteiger partial charge is 0.343 e. The minimum absolute atomic E-state index is 0.0437.